The van der Waals surface area contributed by atoms with E-state index in [2.05, 4.69) is 25.9 Å². The summed E-state index contributed by atoms with van der Waals surface area (Å²) in [6.07, 6.45) is 1.45. The van der Waals surface area contributed by atoms with Gasteiger partial charge in [-0.3, -0.25) is 9.59 Å². The van der Waals surface area contributed by atoms with Crippen molar-refractivity contribution < 1.29 is 14.6 Å². The third-order valence-corrected chi connectivity index (χ3v) is 4.01. The standard InChI is InChI=1S/C20H21N5O5/c1-20(2,3)25-15-14(16(26)17(15)27)23-13-7-8-21-19(24-13)22-11-9-10(18(28)29)5-6-12(11)30-4/h5-9,25H,1-4H3,(H,28,29)(H2,21,22,23,24). The molecule has 0 unspecified atom stereocenters. The summed E-state index contributed by atoms with van der Waals surface area (Å²) in [7, 11) is 1.45. The molecule has 0 aliphatic carbocycles. The Morgan fingerprint density at radius 3 is 2.40 bits per heavy atom. The lowest BCUT2D eigenvalue weighted by Gasteiger charge is -2.24. The molecule has 0 aliphatic rings. The van der Waals surface area contributed by atoms with Gasteiger partial charge in [0.25, 0.3) is 10.9 Å². The molecule has 0 atom stereocenters. The molecule has 0 radical (unpaired) electrons. The topological polar surface area (TPSA) is 143 Å². The Bertz CT molecular complexity index is 1180. The van der Waals surface area contributed by atoms with Crippen molar-refractivity contribution in [2.75, 3.05) is 23.1 Å². The fraction of sp³-hybridized carbons (Fsp3) is 0.250. The van der Waals surface area contributed by atoms with Gasteiger partial charge >= 0.3 is 5.97 Å². The SMILES string of the molecule is COc1ccc(C(=O)O)cc1Nc1nccc(Nc2c(NC(C)(C)C)c(=O)c2=O)n1. The van der Waals surface area contributed by atoms with Crippen LogP contribution < -0.4 is 31.5 Å². The largest absolute Gasteiger partial charge is 0.495 e. The van der Waals surface area contributed by atoms with Crippen LogP contribution in [-0.2, 0) is 0 Å². The van der Waals surface area contributed by atoms with E-state index in [9.17, 15) is 19.5 Å². The molecule has 0 bridgehead atoms. The minimum absolute atomic E-state index is 0.0641. The van der Waals surface area contributed by atoms with E-state index < -0.39 is 22.4 Å². The Labute approximate surface area is 171 Å². The number of carbonyl (C=O) groups is 1. The van der Waals surface area contributed by atoms with E-state index in [1.165, 1.54) is 37.6 Å². The van der Waals surface area contributed by atoms with Crippen LogP contribution >= 0.6 is 0 Å². The second-order valence-electron chi connectivity index (χ2n) is 7.52. The van der Waals surface area contributed by atoms with Crippen LogP contribution in [0.2, 0.25) is 0 Å². The number of anilines is 5. The van der Waals surface area contributed by atoms with Crippen molar-refractivity contribution in [3.05, 3.63) is 56.5 Å². The number of nitrogens with zero attached hydrogens (tertiary/aromatic N) is 2. The number of aromatic carboxylic acids is 1. The summed E-state index contributed by atoms with van der Waals surface area (Å²) in [5.41, 5.74) is -0.863. The van der Waals surface area contributed by atoms with Crippen LogP contribution in [-0.4, -0.2) is 33.7 Å². The Balaban J connectivity index is 1.86. The zero-order valence-electron chi connectivity index (χ0n) is 16.9. The number of nitrogens with one attached hydrogen (secondary N) is 3. The van der Waals surface area contributed by atoms with Crippen molar-refractivity contribution in [1.82, 2.24) is 9.97 Å². The first-order chi connectivity index (χ1) is 14.1. The molecule has 0 spiro atoms. The van der Waals surface area contributed by atoms with Gasteiger partial charge in [-0.05, 0) is 45.0 Å². The highest BCUT2D eigenvalue weighted by Gasteiger charge is 2.25. The zero-order valence-corrected chi connectivity index (χ0v) is 16.9. The van der Waals surface area contributed by atoms with Crippen LogP contribution in [0.5, 0.6) is 5.75 Å². The molecule has 3 aromatic rings. The molecule has 1 heterocycles. The highest BCUT2D eigenvalue weighted by molar-refractivity contribution is 5.90. The summed E-state index contributed by atoms with van der Waals surface area (Å²) in [5.74, 6) is -0.257. The lowest BCUT2D eigenvalue weighted by molar-refractivity contribution is 0.0697. The van der Waals surface area contributed by atoms with Crippen LogP contribution in [0, 0.1) is 0 Å². The lowest BCUT2D eigenvalue weighted by atomic mass is 10.1. The van der Waals surface area contributed by atoms with Crippen molar-refractivity contribution in [2.24, 2.45) is 0 Å². The molecular formula is C20H21N5O5. The maximum Gasteiger partial charge on any atom is 0.335 e. The van der Waals surface area contributed by atoms with Gasteiger partial charge in [0, 0.05) is 11.7 Å². The number of rotatable bonds is 7. The van der Waals surface area contributed by atoms with Crippen molar-refractivity contribution in [3.8, 4) is 5.75 Å². The average molecular weight is 411 g/mol. The molecule has 0 saturated heterocycles. The molecule has 0 fully saturated rings. The average Bonchev–Trinajstić information content (AvgIpc) is 2.69. The van der Waals surface area contributed by atoms with E-state index in [1.54, 1.807) is 0 Å². The fourth-order valence-electron chi connectivity index (χ4n) is 2.68. The predicted molar refractivity (Wildman–Crippen MR) is 113 cm³/mol. The van der Waals surface area contributed by atoms with Crippen LogP contribution in [0.15, 0.2) is 40.1 Å². The first-order valence-electron chi connectivity index (χ1n) is 8.99. The van der Waals surface area contributed by atoms with Crippen LogP contribution in [0.1, 0.15) is 31.1 Å². The number of carboxylic acid groups (broad SMARTS) is 1. The molecule has 156 valence electrons. The summed E-state index contributed by atoms with van der Waals surface area (Å²) >= 11 is 0. The molecular weight excluding hydrogens is 390 g/mol. The van der Waals surface area contributed by atoms with Crippen molar-refractivity contribution >= 4 is 34.8 Å². The van der Waals surface area contributed by atoms with Crippen LogP contribution in [0.3, 0.4) is 0 Å². The van der Waals surface area contributed by atoms with Gasteiger partial charge in [0.05, 0.1) is 18.4 Å². The normalized spacial score (nSPS) is 11.2. The monoisotopic (exact) mass is 411 g/mol. The molecule has 1 aromatic heterocycles. The van der Waals surface area contributed by atoms with Gasteiger partial charge in [-0.1, -0.05) is 0 Å². The van der Waals surface area contributed by atoms with Crippen LogP contribution in [0.4, 0.5) is 28.8 Å². The Morgan fingerprint density at radius 2 is 1.77 bits per heavy atom. The van der Waals surface area contributed by atoms with Crippen molar-refractivity contribution in [2.45, 2.75) is 26.3 Å². The minimum Gasteiger partial charge on any atom is -0.495 e. The summed E-state index contributed by atoms with van der Waals surface area (Å²) in [5, 5.41) is 17.9. The lowest BCUT2D eigenvalue weighted by Crippen LogP contribution is -2.41. The molecule has 0 saturated carbocycles. The summed E-state index contributed by atoms with van der Waals surface area (Å²) in [6.45, 7) is 5.62. The molecule has 4 N–H and O–H groups in total. The molecule has 0 aliphatic heterocycles. The van der Waals surface area contributed by atoms with Crippen molar-refractivity contribution in [1.29, 1.82) is 0 Å². The number of methoxy groups -OCH3 is 1. The zero-order chi connectivity index (χ0) is 22.1. The molecule has 2 aromatic carbocycles. The van der Waals surface area contributed by atoms with Gasteiger partial charge < -0.3 is 25.8 Å². The van der Waals surface area contributed by atoms with Gasteiger partial charge in [-0.2, -0.15) is 4.98 Å². The number of aromatic nitrogens is 2. The van der Waals surface area contributed by atoms with Crippen LogP contribution in [0.25, 0.3) is 0 Å². The molecule has 30 heavy (non-hydrogen) atoms. The third-order valence-electron chi connectivity index (χ3n) is 4.01. The summed E-state index contributed by atoms with van der Waals surface area (Å²) in [6, 6.07) is 5.86. The highest BCUT2D eigenvalue weighted by Crippen LogP contribution is 2.28. The first kappa shape index (κ1) is 20.8. The van der Waals surface area contributed by atoms with E-state index in [0.717, 1.165) is 0 Å². The number of ether oxygens (including phenoxy) is 1. The summed E-state index contributed by atoms with van der Waals surface area (Å²) in [4.78, 5) is 43.5. The van der Waals surface area contributed by atoms with E-state index >= 15 is 0 Å². The molecule has 10 heteroatoms. The molecule has 3 rings (SSSR count). The smallest absolute Gasteiger partial charge is 0.335 e. The number of hydrogen-bond donors (Lipinski definition) is 4. The second kappa shape index (κ2) is 7.82. The highest BCUT2D eigenvalue weighted by atomic mass is 16.5. The maximum atomic E-state index is 12.0. The third kappa shape index (κ3) is 4.37. The number of benzene rings is 1. The van der Waals surface area contributed by atoms with Gasteiger partial charge in [-0.25, -0.2) is 9.78 Å². The summed E-state index contributed by atoms with van der Waals surface area (Å²) < 4.78 is 5.24. The Morgan fingerprint density at radius 1 is 1.07 bits per heavy atom. The van der Waals surface area contributed by atoms with E-state index in [1.807, 2.05) is 20.8 Å². The van der Waals surface area contributed by atoms with Gasteiger partial charge in [-0.15, -0.1) is 0 Å². The maximum absolute atomic E-state index is 12.0. The predicted octanol–water partition coefficient (Wildman–Crippen LogP) is 2.48. The van der Waals surface area contributed by atoms with E-state index in [4.69, 9.17) is 4.74 Å². The Kier molecular flexibility index (Phi) is 5.41. The number of carboxylic acids is 1. The first-order valence-corrected chi connectivity index (χ1v) is 8.99. The Hall–Kier alpha value is -3.95. The molecule has 0 amide bonds. The molecule has 10 nitrogen and oxygen atoms in total. The van der Waals surface area contributed by atoms with Crippen molar-refractivity contribution in [3.63, 3.8) is 0 Å². The fourth-order valence-corrected chi connectivity index (χ4v) is 2.68. The van der Waals surface area contributed by atoms with Gasteiger partial charge in [0.15, 0.2) is 0 Å². The van der Waals surface area contributed by atoms with Gasteiger partial charge in [0.2, 0.25) is 5.95 Å². The van der Waals surface area contributed by atoms with E-state index in [0.29, 0.717) is 11.4 Å². The number of hydrogen-bond acceptors (Lipinski definition) is 9. The second-order valence-corrected chi connectivity index (χ2v) is 7.52. The van der Waals surface area contributed by atoms with Gasteiger partial charge in [0.1, 0.15) is 22.9 Å². The van der Waals surface area contributed by atoms with E-state index in [-0.39, 0.29) is 28.7 Å². The quantitative estimate of drug-likeness (QED) is 0.428. The minimum atomic E-state index is -1.09.